The number of benzene rings is 3. The highest BCUT2D eigenvalue weighted by molar-refractivity contribution is 9.10. The lowest BCUT2D eigenvalue weighted by Gasteiger charge is -2.15. The summed E-state index contributed by atoms with van der Waals surface area (Å²) >= 11 is 15.7. The first kappa shape index (κ1) is 21.9. The molecule has 0 aromatic heterocycles. The summed E-state index contributed by atoms with van der Waals surface area (Å²) in [5.74, 6) is 0.987. The van der Waals surface area contributed by atoms with Crippen LogP contribution in [0.2, 0.25) is 10.0 Å². The van der Waals surface area contributed by atoms with E-state index in [0.29, 0.717) is 41.2 Å². The lowest BCUT2D eigenvalue weighted by Crippen LogP contribution is -2.13. The van der Waals surface area contributed by atoms with Crippen LogP contribution in [-0.4, -0.2) is 7.11 Å². The maximum absolute atomic E-state index is 13.0. The van der Waals surface area contributed by atoms with Gasteiger partial charge < -0.3 is 14.8 Å². The average molecular weight is 499 g/mol. The zero-order valence-electron chi connectivity index (χ0n) is 15.6. The second-order valence-corrected chi connectivity index (χ2v) is 8.05. The van der Waals surface area contributed by atoms with Crippen molar-refractivity contribution in [2.75, 3.05) is 7.11 Å². The summed E-state index contributed by atoms with van der Waals surface area (Å²) in [7, 11) is 1.60. The minimum absolute atomic E-state index is 0.239. The second kappa shape index (κ2) is 10.3. The molecule has 152 valence electrons. The number of hydrogen-bond acceptors (Lipinski definition) is 3. The third-order valence-electron chi connectivity index (χ3n) is 4.29. The summed E-state index contributed by atoms with van der Waals surface area (Å²) in [5, 5.41) is 4.47. The molecule has 0 saturated carbocycles. The van der Waals surface area contributed by atoms with Crippen LogP contribution >= 0.6 is 39.1 Å². The first-order chi connectivity index (χ1) is 14.0. The molecular weight excluding hydrogens is 480 g/mol. The number of nitrogens with one attached hydrogen (secondary N) is 1. The van der Waals surface area contributed by atoms with E-state index in [0.717, 1.165) is 21.2 Å². The quantitative estimate of drug-likeness (QED) is 0.371. The molecule has 0 unspecified atom stereocenters. The number of rotatable bonds is 8. The average Bonchev–Trinajstić information content (AvgIpc) is 2.70. The molecule has 3 nitrogen and oxygen atoms in total. The van der Waals surface area contributed by atoms with Crippen LogP contribution in [0.5, 0.6) is 11.5 Å². The molecule has 3 rings (SSSR count). The van der Waals surface area contributed by atoms with Crippen LogP contribution in [0.4, 0.5) is 4.39 Å². The van der Waals surface area contributed by atoms with Gasteiger partial charge in [-0.25, -0.2) is 4.39 Å². The monoisotopic (exact) mass is 497 g/mol. The van der Waals surface area contributed by atoms with E-state index in [2.05, 4.69) is 21.2 Å². The lowest BCUT2D eigenvalue weighted by atomic mass is 10.1. The molecule has 1 N–H and O–H groups in total. The van der Waals surface area contributed by atoms with Crippen LogP contribution < -0.4 is 14.8 Å². The van der Waals surface area contributed by atoms with Crippen molar-refractivity contribution in [3.63, 3.8) is 0 Å². The first-order valence-electron chi connectivity index (χ1n) is 8.84. The fraction of sp³-hybridized carbons (Fsp3) is 0.182. The van der Waals surface area contributed by atoms with Crippen molar-refractivity contribution in [1.29, 1.82) is 0 Å². The molecule has 7 heteroatoms. The zero-order chi connectivity index (χ0) is 20.8. The van der Waals surface area contributed by atoms with E-state index in [-0.39, 0.29) is 5.82 Å². The van der Waals surface area contributed by atoms with E-state index in [1.165, 1.54) is 12.1 Å². The molecule has 3 aromatic rings. The highest BCUT2D eigenvalue weighted by Gasteiger charge is 2.12. The fourth-order valence-corrected chi connectivity index (χ4v) is 3.65. The molecule has 0 aliphatic carbocycles. The maximum Gasteiger partial charge on any atom is 0.162 e. The Labute approximate surface area is 187 Å². The predicted octanol–water partition coefficient (Wildman–Crippen LogP) is 6.77. The Morgan fingerprint density at radius 3 is 2.38 bits per heavy atom. The van der Waals surface area contributed by atoms with E-state index in [1.807, 2.05) is 18.2 Å². The third kappa shape index (κ3) is 6.09. The van der Waals surface area contributed by atoms with Gasteiger partial charge >= 0.3 is 0 Å². The Bertz CT molecular complexity index is 983. The van der Waals surface area contributed by atoms with E-state index in [4.69, 9.17) is 32.7 Å². The van der Waals surface area contributed by atoms with Crippen molar-refractivity contribution >= 4 is 39.1 Å². The third-order valence-corrected chi connectivity index (χ3v) is 5.61. The van der Waals surface area contributed by atoms with Crippen molar-refractivity contribution in [2.45, 2.75) is 19.7 Å². The molecule has 0 fully saturated rings. The predicted molar refractivity (Wildman–Crippen MR) is 118 cm³/mol. The van der Waals surface area contributed by atoms with Crippen LogP contribution in [-0.2, 0) is 19.7 Å². The molecule has 0 atom stereocenters. The van der Waals surface area contributed by atoms with E-state index in [1.54, 1.807) is 31.4 Å². The number of hydrogen-bond donors (Lipinski definition) is 1. The van der Waals surface area contributed by atoms with Gasteiger partial charge in [-0.1, -0.05) is 57.3 Å². The molecular formula is C22H19BrCl2FNO2. The largest absolute Gasteiger partial charge is 0.493 e. The van der Waals surface area contributed by atoms with Crippen molar-refractivity contribution in [1.82, 2.24) is 5.32 Å². The Morgan fingerprint density at radius 1 is 0.931 bits per heavy atom. The van der Waals surface area contributed by atoms with Crippen LogP contribution in [0.25, 0.3) is 0 Å². The van der Waals surface area contributed by atoms with Crippen molar-refractivity contribution < 1.29 is 13.9 Å². The first-order valence-corrected chi connectivity index (χ1v) is 10.4. The van der Waals surface area contributed by atoms with Gasteiger partial charge in [-0.3, -0.25) is 0 Å². The minimum Gasteiger partial charge on any atom is -0.493 e. The summed E-state index contributed by atoms with van der Waals surface area (Å²) in [5.41, 5.74) is 2.86. The van der Waals surface area contributed by atoms with E-state index < -0.39 is 0 Å². The highest BCUT2D eigenvalue weighted by atomic mass is 79.9. The van der Waals surface area contributed by atoms with E-state index >= 15 is 0 Å². The zero-order valence-corrected chi connectivity index (χ0v) is 18.7. The molecule has 0 amide bonds. The van der Waals surface area contributed by atoms with Crippen LogP contribution in [0.15, 0.2) is 59.1 Å². The van der Waals surface area contributed by atoms with Gasteiger partial charge in [0.25, 0.3) is 0 Å². The Morgan fingerprint density at radius 2 is 1.69 bits per heavy atom. The summed E-state index contributed by atoms with van der Waals surface area (Å²) in [6.45, 7) is 1.53. The molecule has 0 bridgehead atoms. The number of halogens is 4. The number of methoxy groups -OCH3 is 1. The van der Waals surface area contributed by atoms with Gasteiger partial charge in [0.1, 0.15) is 12.4 Å². The minimum atomic E-state index is -0.239. The molecule has 0 heterocycles. The standard InChI is InChI=1S/C22H19BrCl2FNO2/c1-28-21-8-16(12-27-11-14-2-6-18(26)7-3-14)19(23)10-22(21)29-13-15-4-5-17(24)9-20(15)25/h2-10,27H,11-13H2,1H3. The maximum atomic E-state index is 13.0. The van der Waals surface area contributed by atoms with Crippen molar-refractivity contribution in [2.24, 2.45) is 0 Å². The molecule has 29 heavy (non-hydrogen) atoms. The summed E-state index contributed by atoms with van der Waals surface area (Å²) in [6, 6.07) is 15.5. The second-order valence-electron chi connectivity index (χ2n) is 6.35. The van der Waals surface area contributed by atoms with Crippen LogP contribution in [0, 0.1) is 5.82 Å². The normalized spacial score (nSPS) is 10.8. The van der Waals surface area contributed by atoms with Gasteiger partial charge in [-0.15, -0.1) is 0 Å². The highest BCUT2D eigenvalue weighted by Crippen LogP contribution is 2.34. The van der Waals surface area contributed by atoms with Gasteiger partial charge in [0, 0.05) is 33.2 Å². The smallest absolute Gasteiger partial charge is 0.162 e. The summed E-state index contributed by atoms with van der Waals surface area (Å²) in [4.78, 5) is 0. The Hall–Kier alpha value is -1.79. The molecule has 0 spiro atoms. The van der Waals surface area contributed by atoms with E-state index in [9.17, 15) is 4.39 Å². The SMILES string of the molecule is COc1cc(CNCc2ccc(F)cc2)c(Br)cc1OCc1ccc(Cl)cc1Cl. The molecule has 0 radical (unpaired) electrons. The van der Waals surface area contributed by atoms with Crippen LogP contribution in [0.3, 0.4) is 0 Å². The van der Waals surface area contributed by atoms with Gasteiger partial charge in [0.15, 0.2) is 11.5 Å². The Balaban J connectivity index is 1.65. The molecule has 3 aromatic carbocycles. The number of ether oxygens (including phenoxy) is 2. The molecule has 0 aliphatic rings. The summed E-state index contributed by atoms with van der Waals surface area (Å²) < 4.78 is 25.3. The van der Waals surface area contributed by atoms with Crippen LogP contribution in [0.1, 0.15) is 16.7 Å². The lowest BCUT2D eigenvalue weighted by molar-refractivity contribution is 0.284. The molecule has 0 saturated heterocycles. The van der Waals surface area contributed by atoms with Crippen molar-refractivity contribution in [3.05, 3.63) is 91.6 Å². The topological polar surface area (TPSA) is 30.5 Å². The van der Waals surface area contributed by atoms with Gasteiger partial charge in [0.05, 0.1) is 7.11 Å². The van der Waals surface area contributed by atoms with Gasteiger partial charge in [-0.2, -0.15) is 0 Å². The molecule has 0 aliphatic heterocycles. The fourth-order valence-electron chi connectivity index (χ4n) is 2.72. The van der Waals surface area contributed by atoms with Gasteiger partial charge in [-0.05, 0) is 47.5 Å². The van der Waals surface area contributed by atoms with Gasteiger partial charge in [0.2, 0.25) is 0 Å². The summed E-state index contributed by atoms with van der Waals surface area (Å²) in [6.07, 6.45) is 0. The Kier molecular flexibility index (Phi) is 7.78. The van der Waals surface area contributed by atoms with Crippen molar-refractivity contribution in [3.8, 4) is 11.5 Å².